The Morgan fingerprint density at radius 3 is 2.80 bits per heavy atom. The van der Waals surface area contributed by atoms with Crippen LogP contribution in [0.5, 0.6) is 11.6 Å². The second-order valence-corrected chi connectivity index (χ2v) is 5.08. The molecule has 0 aliphatic heterocycles. The zero-order valence-electron chi connectivity index (χ0n) is 10.6. The second-order valence-electron chi connectivity index (χ2n) is 4.67. The normalized spacial score (nSPS) is 13.1. The summed E-state index contributed by atoms with van der Waals surface area (Å²) in [7, 11) is 0. The Kier molecular flexibility index (Phi) is 3.32. The monoisotopic (exact) mass is 289 g/mol. The number of aryl methyl sites for hydroxylation is 2. The van der Waals surface area contributed by atoms with Gasteiger partial charge in [0.25, 0.3) is 0 Å². The maximum absolute atomic E-state index is 11.0. The topological polar surface area (TPSA) is 59.4 Å². The zero-order valence-corrected chi connectivity index (χ0v) is 11.4. The number of pyridine rings is 1. The van der Waals surface area contributed by atoms with E-state index in [0.29, 0.717) is 5.75 Å². The molecule has 3 rings (SSSR count). The van der Waals surface area contributed by atoms with E-state index in [0.717, 1.165) is 12.8 Å². The van der Waals surface area contributed by atoms with Gasteiger partial charge >= 0.3 is 5.97 Å². The van der Waals surface area contributed by atoms with E-state index in [1.807, 2.05) is 18.2 Å². The molecule has 0 saturated carbocycles. The molecule has 0 spiro atoms. The summed E-state index contributed by atoms with van der Waals surface area (Å²) in [4.78, 5) is 14.9. The van der Waals surface area contributed by atoms with E-state index in [1.54, 1.807) is 6.07 Å². The minimum atomic E-state index is -1.17. The molecule has 4 nitrogen and oxygen atoms in total. The predicted octanol–water partition coefficient (Wildman–Crippen LogP) is 3.71. The van der Waals surface area contributed by atoms with Gasteiger partial charge in [0.2, 0.25) is 5.88 Å². The van der Waals surface area contributed by atoms with Crippen molar-refractivity contribution < 1.29 is 14.6 Å². The summed E-state index contributed by atoms with van der Waals surface area (Å²) >= 11 is 5.77. The van der Waals surface area contributed by atoms with Gasteiger partial charge in [0.15, 0.2) is 5.69 Å². The standard InChI is InChI=1S/C15H12ClNO3/c16-12-6-7-13(17-14(12)15(18)19)20-11-5-4-9-2-1-3-10(9)8-11/h4-8H,1-3H2,(H,18,19). The molecule has 1 N–H and O–H groups in total. The number of carboxylic acids is 1. The lowest BCUT2D eigenvalue weighted by Crippen LogP contribution is -2.02. The van der Waals surface area contributed by atoms with E-state index in [1.165, 1.54) is 23.6 Å². The van der Waals surface area contributed by atoms with Crippen molar-refractivity contribution in [2.45, 2.75) is 19.3 Å². The van der Waals surface area contributed by atoms with Gasteiger partial charge in [-0.3, -0.25) is 0 Å². The molecule has 2 aromatic rings. The molecule has 0 radical (unpaired) electrons. The number of halogens is 1. The SMILES string of the molecule is O=C(O)c1nc(Oc2ccc3c(c2)CCC3)ccc1Cl. The molecule has 1 aliphatic carbocycles. The van der Waals surface area contributed by atoms with Crippen LogP contribution >= 0.6 is 11.6 Å². The van der Waals surface area contributed by atoms with E-state index in [9.17, 15) is 4.79 Å². The lowest BCUT2D eigenvalue weighted by molar-refractivity contribution is 0.0690. The molecule has 102 valence electrons. The fourth-order valence-electron chi connectivity index (χ4n) is 2.36. The summed E-state index contributed by atoms with van der Waals surface area (Å²) in [5, 5.41) is 9.08. The molecule has 0 bridgehead atoms. The van der Waals surface area contributed by atoms with Crippen molar-refractivity contribution in [1.82, 2.24) is 4.98 Å². The number of nitrogens with zero attached hydrogens (tertiary/aromatic N) is 1. The van der Waals surface area contributed by atoms with Crippen molar-refractivity contribution in [2.24, 2.45) is 0 Å². The van der Waals surface area contributed by atoms with Crippen molar-refractivity contribution in [3.05, 3.63) is 52.2 Å². The Morgan fingerprint density at radius 2 is 2.00 bits per heavy atom. The average Bonchev–Trinajstić information content (AvgIpc) is 2.88. The maximum atomic E-state index is 11.0. The van der Waals surface area contributed by atoms with E-state index in [-0.39, 0.29) is 16.6 Å². The molecule has 1 aliphatic rings. The Morgan fingerprint density at radius 1 is 1.20 bits per heavy atom. The maximum Gasteiger partial charge on any atom is 0.356 e. The number of aromatic carboxylic acids is 1. The third-order valence-corrected chi connectivity index (χ3v) is 3.62. The molecular weight excluding hydrogens is 278 g/mol. The number of fused-ring (bicyclic) bond motifs is 1. The molecule has 1 aromatic carbocycles. The Hall–Kier alpha value is -2.07. The van der Waals surface area contributed by atoms with Crippen LogP contribution in [0.3, 0.4) is 0 Å². The molecule has 1 heterocycles. The third kappa shape index (κ3) is 2.47. The number of benzene rings is 1. The van der Waals surface area contributed by atoms with Gasteiger partial charge < -0.3 is 9.84 Å². The van der Waals surface area contributed by atoms with E-state index in [2.05, 4.69) is 4.98 Å². The van der Waals surface area contributed by atoms with Gasteiger partial charge in [-0.1, -0.05) is 17.7 Å². The molecule has 1 aromatic heterocycles. The molecule has 20 heavy (non-hydrogen) atoms. The van der Waals surface area contributed by atoms with E-state index in [4.69, 9.17) is 21.4 Å². The molecule has 0 fully saturated rings. The van der Waals surface area contributed by atoms with Gasteiger partial charge in [-0.2, -0.15) is 0 Å². The smallest absolute Gasteiger partial charge is 0.356 e. The number of aromatic nitrogens is 1. The Bertz CT molecular complexity index is 685. The molecule has 0 amide bonds. The first kappa shape index (κ1) is 12.9. The van der Waals surface area contributed by atoms with Gasteiger partial charge in [0, 0.05) is 6.07 Å². The summed E-state index contributed by atoms with van der Waals surface area (Å²) in [6.45, 7) is 0. The second kappa shape index (κ2) is 5.13. The highest BCUT2D eigenvalue weighted by Crippen LogP contribution is 2.29. The van der Waals surface area contributed by atoms with Crippen LogP contribution in [0, 0.1) is 0 Å². The molecule has 0 atom stereocenters. The summed E-state index contributed by atoms with van der Waals surface area (Å²) in [5.74, 6) is -0.282. The number of ether oxygens (including phenoxy) is 1. The number of carboxylic acid groups (broad SMARTS) is 1. The van der Waals surface area contributed by atoms with Gasteiger partial charge in [0.1, 0.15) is 5.75 Å². The molecular formula is C15H12ClNO3. The minimum Gasteiger partial charge on any atom is -0.476 e. The number of hydrogen-bond acceptors (Lipinski definition) is 3. The highest BCUT2D eigenvalue weighted by Gasteiger charge is 2.14. The zero-order chi connectivity index (χ0) is 14.1. The Labute approximate surface area is 121 Å². The highest BCUT2D eigenvalue weighted by molar-refractivity contribution is 6.33. The van der Waals surface area contributed by atoms with Gasteiger partial charge in [-0.05, 0) is 48.6 Å². The van der Waals surface area contributed by atoms with Crippen LogP contribution in [0.25, 0.3) is 0 Å². The first-order valence-electron chi connectivity index (χ1n) is 6.33. The lowest BCUT2D eigenvalue weighted by Gasteiger charge is -2.08. The Balaban J connectivity index is 1.88. The van der Waals surface area contributed by atoms with Crippen LogP contribution in [0.4, 0.5) is 0 Å². The molecule has 5 heteroatoms. The van der Waals surface area contributed by atoms with Crippen molar-refractivity contribution in [3.63, 3.8) is 0 Å². The van der Waals surface area contributed by atoms with Crippen LogP contribution in [0.15, 0.2) is 30.3 Å². The largest absolute Gasteiger partial charge is 0.476 e. The number of rotatable bonds is 3. The summed E-state index contributed by atoms with van der Waals surface area (Å²) < 4.78 is 5.62. The first-order valence-corrected chi connectivity index (χ1v) is 6.71. The summed E-state index contributed by atoms with van der Waals surface area (Å²) in [5.41, 5.74) is 2.44. The average molecular weight is 290 g/mol. The van der Waals surface area contributed by atoms with Crippen LogP contribution < -0.4 is 4.74 Å². The summed E-state index contributed by atoms with van der Waals surface area (Å²) in [6, 6.07) is 8.94. The lowest BCUT2D eigenvalue weighted by atomic mass is 10.1. The first-order chi connectivity index (χ1) is 9.63. The molecule has 0 saturated heterocycles. The fraction of sp³-hybridized carbons (Fsp3) is 0.200. The van der Waals surface area contributed by atoms with Crippen LogP contribution in [0.2, 0.25) is 5.02 Å². The van der Waals surface area contributed by atoms with Crippen molar-refractivity contribution in [1.29, 1.82) is 0 Å². The van der Waals surface area contributed by atoms with Gasteiger partial charge in [-0.25, -0.2) is 9.78 Å². The third-order valence-electron chi connectivity index (χ3n) is 3.32. The van der Waals surface area contributed by atoms with Crippen LogP contribution in [-0.4, -0.2) is 16.1 Å². The van der Waals surface area contributed by atoms with Gasteiger partial charge in [-0.15, -0.1) is 0 Å². The molecule has 0 unspecified atom stereocenters. The van der Waals surface area contributed by atoms with Crippen LogP contribution in [0.1, 0.15) is 28.0 Å². The fourth-order valence-corrected chi connectivity index (χ4v) is 2.55. The van der Waals surface area contributed by atoms with Gasteiger partial charge in [0.05, 0.1) is 5.02 Å². The predicted molar refractivity (Wildman–Crippen MR) is 74.7 cm³/mol. The van der Waals surface area contributed by atoms with Crippen LogP contribution in [-0.2, 0) is 12.8 Å². The minimum absolute atomic E-state index is 0.0961. The van der Waals surface area contributed by atoms with E-state index < -0.39 is 5.97 Å². The number of carbonyl (C=O) groups is 1. The van der Waals surface area contributed by atoms with Crippen molar-refractivity contribution in [3.8, 4) is 11.6 Å². The number of hydrogen-bond donors (Lipinski definition) is 1. The van der Waals surface area contributed by atoms with Crippen molar-refractivity contribution >= 4 is 17.6 Å². The van der Waals surface area contributed by atoms with E-state index >= 15 is 0 Å². The van der Waals surface area contributed by atoms with Crippen molar-refractivity contribution in [2.75, 3.05) is 0 Å². The summed E-state index contributed by atoms with van der Waals surface area (Å²) in [6.07, 6.45) is 3.33. The quantitative estimate of drug-likeness (QED) is 0.935. The highest BCUT2D eigenvalue weighted by atomic mass is 35.5.